The Kier molecular flexibility index (Phi) is 5.58. The van der Waals surface area contributed by atoms with Gasteiger partial charge in [0.05, 0.1) is 15.8 Å². The van der Waals surface area contributed by atoms with E-state index in [1.807, 2.05) is 10.9 Å². The highest BCUT2D eigenvalue weighted by atomic mass is 127. The quantitative estimate of drug-likeness (QED) is 0.798. The van der Waals surface area contributed by atoms with Gasteiger partial charge in [0.1, 0.15) is 0 Å². The fourth-order valence-corrected chi connectivity index (χ4v) is 1.77. The molecule has 1 aromatic rings. The molecule has 1 aromatic heterocycles. The molecule has 0 atom stereocenters. The molecule has 1 heterocycles. The Labute approximate surface area is 103 Å². The summed E-state index contributed by atoms with van der Waals surface area (Å²) in [6.45, 7) is 0. The van der Waals surface area contributed by atoms with Gasteiger partial charge in [-0.1, -0.05) is 0 Å². The predicted octanol–water partition coefficient (Wildman–Crippen LogP) is 1.99. The number of hydrogen-bond acceptors (Lipinski definition) is 2. The number of nitrogens with two attached hydrogens (primary N) is 1. The Morgan fingerprint density at radius 2 is 2.08 bits per heavy atom. The van der Waals surface area contributed by atoms with Crippen LogP contribution < -0.4 is 5.73 Å². The molecular formula is C7H12Cl2IN3. The maximum Gasteiger partial charge on any atom is 0.0623 e. The monoisotopic (exact) mass is 335 g/mol. The van der Waals surface area contributed by atoms with Crippen LogP contribution in [0.3, 0.4) is 0 Å². The van der Waals surface area contributed by atoms with Crippen LogP contribution in [0.4, 0.5) is 0 Å². The second kappa shape index (κ2) is 5.38. The fraction of sp³-hybridized carbons (Fsp3) is 0.571. The SMILES string of the molecule is Cl.Cl.NC1CC(n2cc(I)cn2)C1. The minimum absolute atomic E-state index is 0. The van der Waals surface area contributed by atoms with Gasteiger partial charge >= 0.3 is 0 Å². The zero-order valence-electron chi connectivity index (χ0n) is 6.89. The summed E-state index contributed by atoms with van der Waals surface area (Å²) < 4.78 is 3.22. The van der Waals surface area contributed by atoms with Crippen molar-refractivity contribution in [3.8, 4) is 0 Å². The van der Waals surface area contributed by atoms with Gasteiger partial charge in [0.25, 0.3) is 0 Å². The second-order valence-electron chi connectivity index (χ2n) is 3.02. The van der Waals surface area contributed by atoms with Crippen LogP contribution in [0.25, 0.3) is 0 Å². The Bertz CT molecular complexity index is 260. The molecule has 0 amide bonds. The van der Waals surface area contributed by atoms with Crippen LogP contribution in [-0.2, 0) is 0 Å². The zero-order valence-corrected chi connectivity index (χ0v) is 10.7. The van der Waals surface area contributed by atoms with Gasteiger partial charge in [0.15, 0.2) is 0 Å². The average Bonchev–Trinajstić information content (AvgIpc) is 2.29. The van der Waals surface area contributed by atoms with Crippen LogP contribution in [0, 0.1) is 3.57 Å². The summed E-state index contributed by atoms with van der Waals surface area (Å²) >= 11 is 2.27. The summed E-state index contributed by atoms with van der Waals surface area (Å²) in [6, 6.07) is 0.968. The molecule has 1 aliphatic rings. The summed E-state index contributed by atoms with van der Waals surface area (Å²) in [5.74, 6) is 0. The van der Waals surface area contributed by atoms with Crippen molar-refractivity contribution in [1.82, 2.24) is 9.78 Å². The summed E-state index contributed by atoms with van der Waals surface area (Å²) in [5.41, 5.74) is 5.67. The number of aromatic nitrogens is 2. The van der Waals surface area contributed by atoms with Gasteiger partial charge in [0, 0.05) is 12.2 Å². The van der Waals surface area contributed by atoms with E-state index in [1.54, 1.807) is 0 Å². The lowest BCUT2D eigenvalue weighted by molar-refractivity contribution is 0.247. The van der Waals surface area contributed by atoms with E-state index < -0.39 is 0 Å². The Morgan fingerprint density at radius 1 is 1.46 bits per heavy atom. The second-order valence-corrected chi connectivity index (χ2v) is 4.27. The van der Waals surface area contributed by atoms with E-state index in [0.717, 1.165) is 12.8 Å². The predicted molar refractivity (Wildman–Crippen MR) is 65.7 cm³/mol. The highest BCUT2D eigenvalue weighted by Crippen LogP contribution is 2.30. The van der Waals surface area contributed by atoms with Crippen LogP contribution in [0.5, 0.6) is 0 Å². The van der Waals surface area contributed by atoms with E-state index in [2.05, 4.69) is 33.9 Å². The molecule has 2 N–H and O–H groups in total. The molecule has 0 aliphatic heterocycles. The van der Waals surface area contributed by atoms with Crippen LogP contribution in [0.15, 0.2) is 12.4 Å². The maximum atomic E-state index is 5.67. The number of halogens is 3. The topological polar surface area (TPSA) is 43.8 Å². The van der Waals surface area contributed by atoms with Gasteiger partial charge in [0.2, 0.25) is 0 Å². The molecule has 0 unspecified atom stereocenters. The van der Waals surface area contributed by atoms with E-state index in [9.17, 15) is 0 Å². The van der Waals surface area contributed by atoms with E-state index in [1.165, 1.54) is 3.57 Å². The first kappa shape index (κ1) is 13.5. The van der Waals surface area contributed by atoms with Gasteiger partial charge in [-0.25, -0.2) is 0 Å². The summed E-state index contributed by atoms with van der Waals surface area (Å²) in [6.07, 6.45) is 6.11. The summed E-state index contributed by atoms with van der Waals surface area (Å²) in [4.78, 5) is 0. The molecule has 2 rings (SSSR count). The lowest BCUT2D eigenvalue weighted by Crippen LogP contribution is -2.37. The number of hydrogen-bond donors (Lipinski definition) is 1. The normalized spacial score (nSPS) is 25.4. The molecule has 13 heavy (non-hydrogen) atoms. The lowest BCUT2D eigenvalue weighted by atomic mass is 9.88. The Hall–Kier alpha value is 0.480. The van der Waals surface area contributed by atoms with Gasteiger partial charge in [-0.2, -0.15) is 5.10 Å². The third-order valence-corrected chi connectivity index (χ3v) is 2.65. The van der Waals surface area contributed by atoms with Crippen LogP contribution >= 0.6 is 47.4 Å². The molecule has 76 valence electrons. The van der Waals surface area contributed by atoms with Crippen molar-refractivity contribution < 1.29 is 0 Å². The van der Waals surface area contributed by atoms with Gasteiger partial charge in [-0.3, -0.25) is 4.68 Å². The first-order chi connectivity index (χ1) is 5.25. The minimum atomic E-state index is 0. The average molecular weight is 336 g/mol. The first-order valence-electron chi connectivity index (χ1n) is 3.71. The van der Waals surface area contributed by atoms with Crippen LogP contribution in [0.1, 0.15) is 18.9 Å². The van der Waals surface area contributed by atoms with Gasteiger partial charge < -0.3 is 5.73 Å². The molecule has 0 radical (unpaired) electrons. The standard InChI is InChI=1S/C7H10IN3.2ClH/c8-5-3-10-11(4-5)7-1-6(9)2-7;;/h3-4,6-7H,1-2,9H2;2*1H. The Balaban J connectivity index is 0.000000720. The van der Waals surface area contributed by atoms with Gasteiger partial charge in [-0.05, 0) is 35.4 Å². The number of nitrogens with zero attached hydrogens (tertiary/aromatic N) is 2. The van der Waals surface area contributed by atoms with Crippen molar-refractivity contribution in [2.75, 3.05) is 0 Å². The lowest BCUT2D eigenvalue weighted by Gasteiger charge is -2.32. The fourth-order valence-electron chi connectivity index (χ4n) is 1.36. The third kappa shape index (κ3) is 2.97. The molecule has 0 aromatic carbocycles. The molecule has 1 saturated carbocycles. The summed E-state index contributed by atoms with van der Waals surface area (Å²) in [5, 5.41) is 4.23. The van der Waals surface area contributed by atoms with Crippen LogP contribution in [0.2, 0.25) is 0 Å². The highest BCUT2D eigenvalue weighted by molar-refractivity contribution is 14.1. The van der Waals surface area contributed by atoms with E-state index in [0.29, 0.717) is 12.1 Å². The Morgan fingerprint density at radius 3 is 2.46 bits per heavy atom. The molecule has 0 spiro atoms. The van der Waals surface area contributed by atoms with E-state index in [-0.39, 0.29) is 24.8 Å². The van der Waals surface area contributed by atoms with Crippen molar-refractivity contribution in [1.29, 1.82) is 0 Å². The molecule has 1 fully saturated rings. The zero-order chi connectivity index (χ0) is 7.84. The molecule has 6 heteroatoms. The first-order valence-corrected chi connectivity index (χ1v) is 4.79. The van der Waals surface area contributed by atoms with Crippen LogP contribution in [-0.4, -0.2) is 15.8 Å². The van der Waals surface area contributed by atoms with Crippen molar-refractivity contribution in [2.45, 2.75) is 24.9 Å². The van der Waals surface area contributed by atoms with E-state index >= 15 is 0 Å². The largest absolute Gasteiger partial charge is 0.328 e. The van der Waals surface area contributed by atoms with E-state index in [4.69, 9.17) is 5.73 Å². The number of rotatable bonds is 1. The molecular weight excluding hydrogens is 324 g/mol. The highest BCUT2D eigenvalue weighted by Gasteiger charge is 2.27. The molecule has 0 saturated heterocycles. The maximum absolute atomic E-state index is 5.67. The molecule has 3 nitrogen and oxygen atoms in total. The van der Waals surface area contributed by atoms with Crippen molar-refractivity contribution >= 4 is 47.4 Å². The smallest absolute Gasteiger partial charge is 0.0623 e. The van der Waals surface area contributed by atoms with Gasteiger partial charge in [-0.15, -0.1) is 24.8 Å². The summed E-state index contributed by atoms with van der Waals surface area (Å²) in [7, 11) is 0. The molecule has 1 aliphatic carbocycles. The third-order valence-electron chi connectivity index (χ3n) is 2.09. The van der Waals surface area contributed by atoms with Crippen molar-refractivity contribution in [2.24, 2.45) is 5.73 Å². The minimum Gasteiger partial charge on any atom is -0.328 e. The van der Waals surface area contributed by atoms with Crippen molar-refractivity contribution in [3.05, 3.63) is 16.0 Å². The van der Waals surface area contributed by atoms with Crippen molar-refractivity contribution in [3.63, 3.8) is 0 Å². The molecule has 0 bridgehead atoms.